The van der Waals surface area contributed by atoms with Gasteiger partial charge in [0.2, 0.25) is 0 Å². The molecule has 1 heterocycles. The molecule has 0 unspecified atom stereocenters. The van der Waals surface area contributed by atoms with E-state index in [1.807, 2.05) is 0 Å². The fourth-order valence-corrected chi connectivity index (χ4v) is 3.13. The highest BCUT2D eigenvalue weighted by Crippen LogP contribution is 2.29. The number of nitrogens with zero attached hydrogens (tertiary/aromatic N) is 1. The van der Waals surface area contributed by atoms with Crippen molar-refractivity contribution in [3.63, 3.8) is 0 Å². The van der Waals surface area contributed by atoms with Crippen LogP contribution in [0.5, 0.6) is 0 Å². The second-order valence-electron chi connectivity index (χ2n) is 5.56. The molecule has 0 bridgehead atoms. The van der Waals surface area contributed by atoms with Gasteiger partial charge in [0.25, 0.3) is 0 Å². The van der Waals surface area contributed by atoms with Crippen LogP contribution in [0.1, 0.15) is 30.0 Å². The van der Waals surface area contributed by atoms with Crippen LogP contribution in [0.25, 0.3) is 10.6 Å². The van der Waals surface area contributed by atoms with Crippen LogP contribution in [0, 0.1) is 13.8 Å². The monoisotopic (exact) mass is 260 g/mol. The van der Waals surface area contributed by atoms with Gasteiger partial charge in [-0.1, -0.05) is 29.8 Å². The maximum absolute atomic E-state index is 6.08. The number of hydrogen-bond acceptors (Lipinski definition) is 3. The number of rotatable bonds is 3. The Kier molecular flexibility index (Phi) is 3.55. The Morgan fingerprint density at radius 2 is 1.78 bits per heavy atom. The molecule has 2 rings (SSSR count). The summed E-state index contributed by atoms with van der Waals surface area (Å²) in [5.74, 6) is 0. The molecule has 0 aliphatic carbocycles. The number of thiazole rings is 1. The lowest BCUT2D eigenvalue weighted by atomic mass is 10.0. The summed E-state index contributed by atoms with van der Waals surface area (Å²) in [5, 5.41) is 1.09. The third kappa shape index (κ3) is 3.18. The van der Waals surface area contributed by atoms with Gasteiger partial charge in [-0.15, -0.1) is 11.3 Å². The van der Waals surface area contributed by atoms with E-state index in [1.54, 1.807) is 11.3 Å². The van der Waals surface area contributed by atoms with Crippen LogP contribution in [0.4, 0.5) is 0 Å². The molecule has 2 aromatic rings. The van der Waals surface area contributed by atoms with Crippen LogP contribution >= 0.6 is 11.3 Å². The lowest BCUT2D eigenvalue weighted by Gasteiger charge is -2.16. The van der Waals surface area contributed by atoms with E-state index in [1.165, 1.54) is 16.0 Å². The minimum atomic E-state index is -0.179. The van der Waals surface area contributed by atoms with E-state index < -0.39 is 0 Å². The molecule has 2 N–H and O–H groups in total. The zero-order valence-electron chi connectivity index (χ0n) is 11.4. The summed E-state index contributed by atoms with van der Waals surface area (Å²) >= 11 is 1.75. The standard InChI is InChI=1S/C15H20N2S/c1-10-5-7-12(8-6-10)14-17-11(2)13(18-14)9-15(3,4)16/h5-8H,9,16H2,1-4H3. The van der Waals surface area contributed by atoms with Crippen molar-refractivity contribution in [2.75, 3.05) is 0 Å². The number of benzene rings is 1. The predicted octanol–water partition coefficient (Wildman–Crippen LogP) is 3.71. The Morgan fingerprint density at radius 3 is 2.33 bits per heavy atom. The van der Waals surface area contributed by atoms with E-state index >= 15 is 0 Å². The summed E-state index contributed by atoms with van der Waals surface area (Å²) in [6.07, 6.45) is 0.877. The van der Waals surface area contributed by atoms with E-state index in [9.17, 15) is 0 Å². The number of hydrogen-bond donors (Lipinski definition) is 1. The second kappa shape index (κ2) is 4.82. The van der Waals surface area contributed by atoms with Crippen LogP contribution < -0.4 is 5.73 Å². The maximum Gasteiger partial charge on any atom is 0.123 e. The minimum absolute atomic E-state index is 0.179. The van der Waals surface area contributed by atoms with Gasteiger partial charge < -0.3 is 5.73 Å². The molecule has 1 aromatic carbocycles. The Balaban J connectivity index is 2.31. The summed E-state index contributed by atoms with van der Waals surface area (Å²) in [5.41, 5.74) is 9.47. The van der Waals surface area contributed by atoms with Gasteiger partial charge in [-0.3, -0.25) is 0 Å². The van der Waals surface area contributed by atoms with E-state index in [0.717, 1.165) is 17.1 Å². The van der Waals surface area contributed by atoms with Gasteiger partial charge in [-0.2, -0.15) is 0 Å². The molecule has 0 spiro atoms. The molecule has 0 fully saturated rings. The minimum Gasteiger partial charge on any atom is -0.325 e. The first-order valence-electron chi connectivity index (χ1n) is 6.17. The van der Waals surface area contributed by atoms with Crippen molar-refractivity contribution in [2.45, 2.75) is 39.7 Å². The van der Waals surface area contributed by atoms with Gasteiger partial charge >= 0.3 is 0 Å². The molecule has 3 heteroatoms. The van der Waals surface area contributed by atoms with Crippen LogP contribution in [-0.2, 0) is 6.42 Å². The van der Waals surface area contributed by atoms with Crippen molar-refractivity contribution < 1.29 is 0 Å². The first-order chi connectivity index (χ1) is 8.35. The van der Waals surface area contributed by atoms with Crippen molar-refractivity contribution in [3.05, 3.63) is 40.4 Å². The fraction of sp³-hybridized carbons (Fsp3) is 0.400. The number of aromatic nitrogens is 1. The molecule has 0 atom stereocenters. The number of nitrogens with two attached hydrogens (primary N) is 1. The average Bonchev–Trinajstić information content (AvgIpc) is 2.59. The topological polar surface area (TPSA) is 38.9 Å². The molecule has 0 radical (unpaired) electrons. The summed E-state index contributed by atoms with van der Waals surface area (Å²) in [7, 11) is 0. The summed E-state index contributed by atoms with van der Waals surface area (Å²) < 4.78 is 0. The van der Waals surface area contributed by atoms with Gasteiger partial charge in [-0.25, -0.2) is 4.98 Å². The van der Waals surface area contributed by atoms with Gasteiger partial charge in [-0.05, 0) is 27.7 Å². The molecular weight excluding hydrogens is 240 g/mol. The largest absolute Gasteiger partial charge is 0.325 e. The summed E-state index contributed by atoms with van der Waals surface area (Å²) in [6, 6.07) is 8.51. The van der Waals surface area contributed by atoms with Crippen molar-refractivity contribution in [1.29, 1.82) is 0 Å². The third-order valence-electron chi connectivity index (χ3n) is 2.81. The third-order valence-corrected chi connectivity index (χ3v) is 4.01. The molecule has 1 aromatic heterocycles. The molecule has 96 valence electrons. The summed E-state index contributed by atoms with van der Waals surface area (Å²) in [4.78, 5) is 5.95. The molecule has 2 nitrogen and oxygen atoms in total. The molecule has 0 amide bonds. The molecular formula is C15H20N2S. The highest BCUT2D eigenvalue weighted by atomic mass is 32.1. The Hall–Kier alpha value is -1.19. The van der Waals surface area contributed by atoms with E-state index in [0.29, 0.717) is 0 Å². The Labute approximate surface area is 113 Å². The van der Waals surface area contributed by atoms with Crippen LogP contribution in [0.3, 0.4) is 0 Å². The van der Waals surface area contributed by atoms with E-state index in [-0.39, 0.29) is 5.54 Å². The number of aryl methyl sites for hydroxylation is 2. The van der Waals surface area contributed by atoms with Gasteiger partial charge in [0, 0.05) is 22.4 Å². The Morgan fingerprint density at radius 1 is 1.17 bits per heavy atom. The normalized spacial score (nSPS) is 11.8. The summed E-state index contributed by atoms with van der Waals surface area (Å²) in [6.45, 7) is 8.27. The van der Waals surface area contributed by atoms with Crippen molar-refractivity contribution in [2.24, 2.45) is 5.73 Å². The quantitative estimate of drug-likeness (QED) is 0.913. The van der Waals surface area contributed by atoms with Crippen molar-refractivity contribution >= 4 is 11.3 Å². The average molecular weight is 260 g/mol. The van der Waals surface area contributed by atoms with Crippen molar-refractivity contribution in [1.82, 2.24) is 4.98 Å². The molecule has 0 aliphatic rings. The predicted molar refractivity (Wildman–Crippen MR) is 79.0 cm³/mol. The first kappa shape index (κ1) is 13.2. The van der Waals surface area contributed by atoms with Crippen LogP contribution in [0.15, 0.2) is 24.3 Å². The Bertz CT molecular complexity index is 533. The molecule has 0 aliphatic heterocycles. The maximum atomic E-state index is 6.08. The van der Waals surface area contributed by atoms with E-state index in [2.05, 4.69) is 56.9 Å². The molecule has 0 saturated carbocycles. The van der Waals surface area contributed by atoms with Crippen LogP contribution in [-0.4, -0.2) is 10.5 Å². The van der Waals surface area contributed by atoms with Crippen molar-refractivity contribution in [3.8, 4) is 10.6 Å². The SMILES string of the molecule is Cc1ccc(-c2nc(C)c(CC(C)(C)N)s2)cc1. The van der Waals surface area contributed by atoms with Crippen LogP contribution in [0.2, 0.25) is 0 Å². The van der Waals surface area contributed by atoms with Gasteiger partial charge in [0.1, 0.15) is 5.01 Å². The smallest absolute Gasteiger partial charge is 0.123 e. The lowest BCUT2D eigenvalue weighted by molar-refractivity contribution is 0.519. The van der Waals surface area contributed by atoms with Gasteiger partial charge in [0.05, 0.1) is 5.69 Å². The first-order valence-corrected chi connectivity index (χ1v) is 6.99. The zero-order chi connectivity index (χ0) is 13.3. The lowest BCUT2D eigenvalue weighted by Crippen LogP contribution is -2.34. The molecule has 0 saturated heterocycles. The molecule has 18 heavy (non-hydrogen) atoms. The second-order valence-corrected chi connectivity index (χ2v) is 6.64. The highest BCUT2D eigenvalue weighted by Gasteiger charge is 2.17. The zero-order valence-corrected chi connectivity index (χ0v) is 12.3. The highest BCUT2D eigenvalue weighted by molar-refractivity contribution is 7.15. The fourth-order valence-electron chi connectivity index (χ4n) is 1.83. The van der Waals surface area contributed by atoms with Gasteiger partial charge in [0.15, 0.2) is 0 Å². The van der Waals surface area contributed by atoms with E-state index in [4.69, 9.17) is 5.73 Å².